The minimum absolute atomic E-state index is 0.110. The van der Waals surface area contributed by atoms with Crippen molar-refractivity contribution in [3.05, 3.63) is 35.4 Å². The minimum atomic E-state index is -3.45. The maximum Gasteiger partial charge on any atom is 0.215 e. The van der Waals surface area contributed by atoms with Crippen LogP contribution in [0, 0.1) is 17.2 Å². The van der Waals surface area contributed by atoms with Gasteiger partial charge in [0.25, 0.3) is 0 Å². The van der Waals surface area contributed by atoms with E-state index in [4.69, 9.17) is 11.0 Å². The summed E-state index contributed by atoms with van der Waals surface area (Å²) in [5.41, 5.74) is 6.76. The van der Waals surface area contributed by atoms with Crippen LogP contribution in [0.5, 0.6) is 0 Å². The lowest BCUT2D eigenvalue weighted by atomic mass is 10.1. The molecule has 1 aromatic carbocycles. The van der Waals surface area contributed by atoms with E-state index in [-0.39, 0.29) is 18.3 Å². The summed E-state index contributed by atoms with van der Waals surface area (Å²) in [6.45, 7) is 0.266. The summed E-state index contributed by atoms with van der Waals surface area (Å²) in [5, 5.41) is 8.93. The van der Waals surface area contributed by atoms with Crippen LogP contribution in [0.3, 0.4) is 0 Å². The zero-order valence-corrected chi connectivity index (χ0v) is 11.4. The van der Waals surface area contributed by atoms with Crippen LogP contribution in [0.25, 0.3) is 0 Å². The van der Waals surface area contributed by atoms with Crippen molar-refractivity contribution in [2.24, 2.45) is 11.7 Å². The second-order valence-corrected chi connectivity index (χ2v) is 6.68. The lowest BCUT2D eigenvalue weighted by Gasteiger charge is -2.12. The first-order valence-corrected chi connectivity index (χ1v) is 7.88. The number of sulfonamides is 1. The molecule has 2 rings (SSSR count). The highest BCUT2D eigenvalue weighted by atomic mass is 32.2. The molecular formula is C13H17N3O2S. The Morgan fingerprint density at radius 2 is 2.11 bits per heavy atom. The first-order valence-electron chi connectivity index (χ1n) is 6.23. The van der Waals surface area contributed by atoms with Gasteiger partial charge in [-0.1, -0.05) is 18.2 Å². The van der Waals surface area contributed by atoms with Crippen LogP contribution >= 0.6 is 0 Å². The fourth-order valence-electron chi connectivity index (χ4n) is 1.93. The summed E-state index contributed by atoms with van der Waals surface area (Å²) in [6.07, 6.45) is 2.17. The number of nitrogens with two attached hydrogens (primary N) is 1. The third kappa shape index (κ3) is 4.03. The molecule has 0 spiro atoms. The Morgan fingerprint density at radius 3 is 2.74 bits per heavy atom. The zero-order valence-electron chi connectivity index (χ0n) is 10.5. The van der Waals surface area contributed by atoms with Gasteiger partial charge in [0.2, 0.25) is 10.0 Å². The molecule has 1 fully saturated rings. The molecule has 3 N–H and O–H groups in total. The number of nitrogens with one attached hydrogen (secondary N) is 1. The SMILES string of the molecule is N#Cc1ccccc1CS(=O)(=O)NCC(N)C1CC1. The summed E-state index contributed by atoms with van der Waals surface area (Å²) in [5.74, 6) is 0.266. The molecule has 6 heteroatoms. The summed E-state index contributed by atoms with van der Waals surface area (Å²) in [4.78, 5) is 0. The Bertz CT molecular complexity index is 588. The van der Waals surface area contributed by atoms with Crippen molar-refractivity contribution < 1.29 is 8.42 Å². The van der Waals surface area contributed by atoms with Gasteiger partial charge < -0.3 is 5.73 Å². The van der Waals surface area contributed by atoms with Crippen LogP contribution in [0.15, 0.2) is 24.3 Å². The molecule has 0 aliphatic heterocycles. The van der Waals surface area contributed by atoms with Gasteiger partial charge >= 0.3 is 0 Å². The van der Waals surface area contributed by atoms with Crippen LogP contribution in [0.4, 0.5) is 0 Å². The summed E-state index contributed by atoms with van der Waals surface area (Å²) >= 11 is 0. The largest absolute Gasteiger partial charge is 0.326 e. The van der Waals surface area contributed by atoms with Gasteiger partial charge in [-0.25, -0.2) is 13.1 Å². The second kappa shape index (κ2) is 5.70. The van der Waals surface area contributed by atoms with Gasteiger partial charge in [-0.15, -0.1) is 0 Å². The molecular weight excluding hydrogens is 262 g/mol. The van der Waals surface area contributed by atoms with E-state index in [1.54, 1.807) is 24.3 Å². The van der Waals surface area contributed by atoms with E-state index in [1.165, 1.54) is 0 Å². The maximum atomic E-state index is 11.9. The van der Waals surface area contributed by atoms with Gasteiger partial charge in [0.1, 0.15) is 0 Å². The second-order valence-electron chi connectivity index (χ2n) is 4.88. The van der Waals surface area contributed by atoms with Crippen LogP contribution < -0.4 is 10.5 Å². The molecule has 0 heterocycles. The van der Waals surface area contributed by atoms with Crippen molar-refractivity contribution in [2.45, 2.75) is 24.6 Å². The van der Waals surface area contributed by atoms with Crippen LogP contribution in [0.1, 0.15) is 24.0 Å². The predicted molar refractivity (Wildman–Crippen MR) is 72.5 cm³/mol. The molecule has 102 valence electrons. The van der Waals surface area contributed by atoms with E-state index in [2.05, 4.69) is 4.72 Å². The standard InChI is InChI=1S/C13H17N3O2S/c14-7-11-3-1-2-4-12(11)9-19(17,18)16-8-13(15)10-5-6-10/h1-4,10,13,16H,5-6,8-9,15H2. The van der Waals surface area contributed by atoms with Crippen LogP contribution in [-0.4, -0.2) is 21.0 Å². The number of nitriles is 1. The molecule has 0 aromatic heterocycles. The summed E-state index contributed by atoms with van der Waals surface area (Å²) < 4.78 is 26.4. The Kier molecular flexibility index (Phi) is 4.20. The molecule has 1 aliphatic rings. The number of hydrogen-bond acceptors (Lipinski definition) is 4. The van der Waals surface area contributed by atoms with Gasteiger partial charge in [0.15, 0.2) is 0 Å². The maximum absolute atomic E-state index is 11.9. The van der Waals surface area contributed by atoms with Crippen LogP contribution in [0.2, 0.25) is 0 Å². The van der Waals surface area contributed by atoms with Crippen LogP contribution in [-0.2, 0) is 15.8 Å². The average molecular weight is 279 g/mol. The fraction of sp³-hybridized carbons (Fsp3) is 0.462. The molecule has 0 amide bonds. The summed E-state index contributed by atoms with van der Waals surface area (Å²) in [6, 6.07) is 8.58. The van der Waals surface area contributed by atoms with Crippen molar-refractivity contribution in [3.63, 3.8) is 0 Å². The lowest BCUT2D eigenvalue weighted by molar-refractivity contribution is 0.547. The van der Waals surface area contributed by atoms with Gasteiger partial charge in [-0.2, -0.15) is 5.26 Å². The zero-order chi connectivity index (χ0) is 13.9. The van der Waals surface area contributed by atoms with E-state index in [0.717, 1.165) is 12.8 Å². The Morgan fingerprint density at radius 1 is 1.42 bits per heavy atom. The first-order chi connectivity index (χ1) is 9.02. The quantitative estimate of drug-likeness (QED) is 0.801. The van der Waals surface area contributed by atoms with Gasteiger partial charge in [0.05, 0.1) is 17.4 Å². The number of nitrogens with zero attached hydrogens (tertiary/aromatic N) is 1. The topological polar surface area (TPSA) is 96.0 Å². The minimum Gasteiger partial charge on any atom is -0.326 e. The highest BCUT2D eigenvalue weighted by Gasteiger charge is 2.29. The average Bonchev–Trinajstić information content (AvgIpc) is 3.20. The molecule has 1 saturated carbocycles. The molecule has 1 unspecified atom stereocenters. The predicted octanol–water partition coefficient (Wildman–Crippen LogP) is 0.715. The Labute approximate surface area is 113 Å². The van der Waals surface area contributed by atoms with E-state index in [9.17, 15) is 8.42 Å². The molecule has 19 heavy (non-hydrogen) atoms. The number of hydrogen-bond donors (Lipinski definition) is 2. The molecule has 5 nitrogen and oxygen atoms in total. The van der Waals surface area contributed by atoms with Crippen molar-refractivity contribution in [3.8, 4) is 6.07 Å². The molecule has 0 radical (unpaired) electrons. The molecule has 0 saturated heterocycles. The molecule has 1 aliphatic carbocycles. The van der Waals surface area contributed by atoms with Gasteiger partial charge in [-0.3, -0.25) is 0 Å². The number of rotatable bonds is 6. The highest BCUT2D eigenvalue weighted by molar-refractivity contribution is 7.88. The Hall–Kier alpha value is -1.42. The third-order valence-corrected chi connectivity index (χ3v) is 4.55. The van der Waals surface area contributed by atoms with Gasteiger partial charge in [-0.05, 0) is 30.4 Å². The monoisotopic (exact) mass is 279 g/mol. The molecule has 0 bridgehead atoms. The third-order valence-electron chi connectivity index (χ3n) is 3.25. The van der Waals surface area contributed by atoms with Crippen molar-refractivity contribution in [2.75, 3.05) is 6.54 Å². The van der Waals surface area contributed by atoms with E-state index in [0.29, 0.717) is 17.0 Å². The van der Waals surface area contributed by atoms with E-state index in [1.807, 2.05) is 6.07 Å². The molecule has 1 aromatic rings. The van der Waals surface area contributed by atoms with Crippen molar-refractivity contribution in [1.29, 1.82) is 5.26 Å². The molecule has 1 atom stereocenters. The lowest BCUT2D eigenvalue weighted by Crippen LogP contribution is -2.39. The number of benzene rings is 1. The fourth-order valence-corrected chi connectivity index (χ4v) is 3.13. The van der Waals surface area contributed by atoms with Gasteiger partial charge in [0, 0.05) is 12.6 Å². The van der Waals surface area contributed by atoms with Crippen molar-refractivity contribution in [1.82, 2.24) is 4.72 Å². The summed E-state index contributed by atoms with van der Waals surface area (Å²) in [7, 11) is -3.45. The smallest absolute Gasteiger partial charge is 0.215 e. The van der Waals surface area contributed by atoms with Crippen molar-refractivity contribution >= 4 is 10.0 Å². The Balaban J connectivity index is 1.98. The van der Waals surface area contributed by atoms with E-state index >= 15 is 0 Å². The van der Waals surface area contributed by atoms with E-state index < -0.39 is 10.0 Å². The normalized spacial score (nSPS) is 16.8. The highest BCUT2D eigenvalue weighted by Crippen LogP contribution is 2.31. The first kappa shape index (κ1) is 14.0.